The van der Waals surface area contributed by atoms with Crippen molar-refractivity contribution in [1.29, 1.82) is 0 Å². The van der Waals surface area contributed by atoms with E-state index in [2.05, 4.69) is 25.7 Å². The van der Waals surface area contributed by atoms with Crippen LogP contribution in [0.3, 0.4) is 0 Å². The summed E-state index contributed by atoms with van der Waals surface area (Å²) in [6.07, 6.45) is 5.22. The summed E-state index contributed by atoms with van der Waals surface area (Å²) in [5, 5.41) is 4.63. The van der Waals surface area contributed by atoms with Gasteiger partial charge in [0.25, 0.3) is 0 Å². The summed E-state index contributed by atoms with van der Waals surface area (Å²) in [6, 6.07) is 0.703. The smallest absolute Gasteiger partial charge is 0.131 e. The predicted molar refractivity (Wildman–Crippen MR) is 62.7 cm³/mol. The molecule has 0 radical (unpaired) electrons. The van der Waals surface area contributed by atoms with Gasteiger partial charge in [-0.1, -0.05) is 0 Å². The molecule has 2 nitrogen and oxygen atoms in total. The molecule has 1 aliphatic heterocycles. The van der Waals surface area contributed by atoms with E-state index >= 15 is 0 Å². The average molecular weight is 273 g/mol. The second kappa shape index (κ2) is 3.56. The van der Waals surface area contributed by atoms with Gasteiger partial charge in [-0.15, -0.1) is 0 Å². The lowest BCUT2D eigenvalue weighted by Crippen LogP contribution is -2.21. The zero-order valence-corrected chi connectivity index (χ0v) is 10.4. The van der Waals surface area contributed by atoms with E-state index in [1.165, 1.54) is 42.7 Å². The maximum Gasteiger partial charge on any atom is 0.131 e. The average Bonchev–Trinajstić information content (AvgIpc) is 2.43. The Morgan fingerprint density at radius 3 is 3.00 bits per heavy atom. The Kier molecular flexibility index (Phi) is 2.36. The van der Waals surface area contributed by atoms with Crippen LogP contribution in [0.5, 0.6) is 0 Å². The van der Waals surface area contributed by atoms with Crippen molar-refractivity contribution in [3.63, 3.8) is 0 Å². The number of thioether (sulfide) groups is 1. The van der Waals surface area contributed by atoms with Crippen molar-refractivity contribution in [1.82, 2.24) is 9.78 Å². The Hall–Kier alpha value is 0.0400. The minimum absolute atomic E-state index is 0.703. The molecule has 76 valence electrons. The molecule has 2 aliphatic rings. The highest BCUT2D eigenvalue weighted by atomic mass is 79.9. The minimum atomic E-state index is 0.703. The fourth-order valence-electron chi connectivity index (χ4n) is 2.15. The van der Waals surface area contributed by atoms with Gasteiger partial charge < -0.3 is 0 Å². The topological polar surface area (TPSA) is 17.8 Å². The lowest BCUT2D eigenvalue weighted by Gasteiger charge is -2.28. The number of nitrogens with zero attached hydrogens (tertiary/aromatic N) is 2. The van der Waals surface area contributed by atoms with Crippen LogP contribution in [0.1, 0.15) is 36.6 Å². The number of halogens is 1. The van der Waals surface area contributed by atoms with Crippen molar-refractivity contribution in [2.45, 2.75) is 37.5 Å². The van der Waals surface area contributed by atoms with Gasteiger partial charge in [-0.05, 0) is 47.4 Å². The van der Waals surface area contributed by atoms with Crippen LogP contribution in [0.2, 0.25) is 0 Å². The van der Waals surface area contributed by atoms with E-state index in [1.54, 1.807) is 0 Å². The number of aromatic nitrogens is 2. The minimum Gasteiger partial charge on any atom is -0.264 e. The number of hydrogen-bond acceptors (Lipinski definition) is 2. The Morgan fingerprint density at radius 2 is 2.29 bits per heavy atom. The maximum absolute atomic E-state index is 4.63. The zero-order chi connectivity index (χ0) is 9.54. The highest BCUT2D eigenvalue weighted by molar-refractivity contribution is 9.10. The molecular weight excluding hydrogens is 260 g/mol. The third kappa shape index (κ3) is 1.34. The third-order valence-corrected chi connectivity index (χ3v) is 4.83. The summed E-state index contributed by atoms with van der Waals surface area (Å²) < 4.78 is 3.38. The van der Waals surface area contributed by atoms with Gasteiger partial charge in [0.05, 0.1) is 11.7 Å². The Morgan fingerprint density at radius 1 is 1.43 bits per heavy atom. The Labute approximate surface area is 96.6 Å². The molecule has 0 unspecified atom stereocenters. The van der Waals surface area contributed by atoms with Gasteiger partial charge in [-0.2, -0.15) is 16.9 Å². The Bertz CT molecular complexity index is 357. The van der Waals surface area contributed by atoms with E-state index < -0.39 is 0 Å². The maximum atomic E-state index is 4.63. The second-order valence-corrected chi connectivity index (χ2v) is 5.90. The number of fused-ring (bicyclic) bond motifs is 1. The van der Waals surface area contributed by atoms with Gasteiger partial charge >= 0.3 is 0 Å². The molecule has 1 saturated carbocycles. The first-order valence-corrected chi connectivity index (χ1v) is 7.14. The first-order chi connectivity index (χ1) is 6.86. The molecule has 0 N–H and O–H groups in total. The summed E-state index contributed by atoms with van der Waals surface area (Å²) in [5.41, 5.74) is 2.95. The monoisotopic (exact) mass is 272 g/mol. The van der Waals surface area contributed by atoms with Crippen LogP contribution in [0.15, 0.2) is 4.60 Å². The molecule has 1 aliphatic carbocycles. The van der Waals surface area contributed by atoms with E-state index in [4.69, 9.17) is 0 Å². The van der Waals surface area contributed by atoms with Crippen LogP contribution in [0, 0.1) is 0 Å². The molecule has 1 fully saturated rings. The molecule has 1 aromatic heterocycles. The van der Waals surface area contributed by atoms with E-state index in [0.717, 1.165) is 10.4 Å². The van der Waals surface area contributed by atoms with Crippen LogP contribution in [0.25, 0.3) is 0 Å². The van der Waals surface area contributed by atoms with E-state index in [0.29, 0.717) is 6.04 Å². The molecule has 14 heavy (non-hydrogen) atoms. The first kappa shape index (κ1) is 9.28. The van der Waals surface area contributed by atoms with Crippen LogP contribution >= 0.6 is 27.7 Å². The van der Waals surface area contributed by atoms with Gasteiger partial charge in [0, 0.05) is 11.3 Å². The molecule has 0 amide bonds. The van der Waals surface area contributed by atoms with Gasteiger partial charge in [0.1, 0.15) is 4.60 Å². The van der Waals surface area contributed by atoms with Crippen molar-refractivity contribution < 1.29 is 0 Å². The second-order valence-electron chi connectivity index (χ2n) is 4.05. The molecule has 0 spiro atoms. The molecule has 0 saturated heterocycles. The Balaban J connectivity index is 2.02. The van der Waals surface area contributed by atoms with Crippen LogP contribution in [-0.4, -0.2) is 15.5 Å². The quantitative estimate of drug-likeness (QED) is 0.782. The molecule has 0 bridgehead atoms. The van der Waals surface area contributed by atoms with Crippen LogP contribution in [-0.2, 0) is 12.2 Å². The largest absolute Gasteiger partial charge is 0.264 e. The van der Waals surface area contributed by atoms with Gasteiger partial charge in [-0.25, -0.2) is 0 Å². The fourth-order valence-corrected chi connectivity index (χ4v) is 3.74. The van der Waals surface area contributed by atoms with E-state index in [-0.39, 0.29) is 0 Å². The summed E-state index contributed by atoms with van der Waals surface area (Å²) in [7, 11) is 0. The summed E-state index contributed by atoms with van der Waals surface area (Å²) in [4.78, 5) is 0. The van der Waals surface area contributed by atoms with Gasteiger partial charge in [0.15, 0.2) is 0 Å². The summed E-state index contributed by atoms with van der Waals surface area (Å²) in [5.74, 6) is 2.41. The van der Waals surface area contributed by atoms with Crippen molar-refractivity contribution in [3.8, 4) is 0 Å². The normalized spacial score (nSPS) is 21.8. The fraction of sp³-hybridized carbons (Fsp3) is 0.700. The van der Waals surface area contributed by atoms with Gasteiger partial charge in [0.2, 0.25) is 0 Å². The van der Waals surface area contributed by atoms with Crippen molar-refractivity contribution in [2.75, 3.05) is 5.75 Å². The first-order valence-electron chi connectivity index (χ1n) is 5.20. The molecule has 0 aromatic carbocycles. The highest BCUT2D eigenvalue weighted by Crippen LogP contribution is 2.37. The van der Waals surface area contributed by atoms with Crippen molar-refractivity contribution in [2.24, 2.45) is 0 Å². The molecule has 0 atom stereocenters. The van der Waals surface area contributed by atoms with E-state index in [1.807, 2.05) is 11.8 Å². The third-order valence-electron chi connectivity index (χ3n) is 3.23. The standard InChI is InChI=1S/C10H13BrN2S/c11-10-8-4-5-14-6-9(8)13(12-10)7-2-1-3-7/h7H,1-6H2. The zero-order valence-electron chi connectivity index (χ0n) is 8.00. The van der Waals surface area contributed by atoms with Crippen molar-refractivity contribution in [3.05, 3.63) is 15.9 Å². The molecule has 1 aromatic rings. The SMILES string of the molecule is Brc1nn(C2CCC2)c2c1CCSC2. The van der Waals surface area contributed by atoms with Gasteiger partial charge in [-0.3, -0.25) is 4.68 Å². The summed E-state index contributed by atoms with van der Waals surface area (Å²) >= 11 is 5.62. The van der Waals surface area contributed by atoms with E-state index in [9.17, 15) is 0 Å². The summed E-state index contributed by atoms with van der Waals surface area (Å²) in [6.45, 7) is 0. The molecule has 2 heterocycles. The lowest BCUT2D eigenvalue weighted by atomic mass is 9.93. The molecular formula is C10H13BrN2S. The molecule has 3 rings (SSSR count). The van der Waals surface area contributed by atoms with Crippen molar-refractivity contribution >= 4 is 27.7 Å². The van der Waals surface area contributed by atoms with Crippen LogP contribution in [0.4, 0.5) is 0 Å². The van der Waals surface area contributed by atoms with Crippen LogP contribution < -0.4 is 0 Å². The highest BCUT2D eigenvalue weighted by Gasteiger charge is 2.27. The molecule has 4 heteroatoms. The lowest BCUT2D eigenvalue weighted by molar-refractivity contribution is 0.283. The number of hydrogen-bond donors (Lipinski definition) is 0. The predicted octanol–water partition coefficient (Wildman–Crippen LogP) is 3.16. The number of rotatable bonds is 1.